The first kappa shape index (κ1) is 13.0. The number of ether oxygens (including phenoxy) is 1. The topological polar surface area (TPSA) is 29.5 Å². The first-order valence-corrected chi connectivity index (χ1v) is 6.08. The molecule has 1 aromatic rings. The van der Waals surface area contributed by atoms with Crippen molar-refractivity contribution >= 4 is 0 Å². The third-order valence-electron chi connectivity index (χ3n) is 2.71. The normalized spacial score (nSPS) is 12.6. The van der Waals surface area contributed by atoms with Crippen LogP contribution in [0.2, 0.25) is 0 Å². The summed E-state index contributed by atoms with van der Waals surface area (Å²) < 4.78 is 5.32. The highest BCUT2D eigenvalue weighted by atomic mass is 16.5. The molecule has 0 aliphatic carbocycles. The molecule has 1 N–H and O–H groups in total. The van der Waals surface area contributed by atoms with Crippen LogP contribution in [0.25, 0.3) is 0 Å². The van der Waals surface area contributed by atoms with Crippen molar-refractivity contribution in [1.29, 1.82) is 0 Å². The first-order chi connectivity index (χ1) is 7.72. The quantitative estimate of drug-likeness (QED) is 0.717. The average molecular weight is 222 g/mol. The summed E-state index contributed by atoms with van der Waals surface area (Å²) in [5, 5.41) is 9.17. The van der Waals surface area contributed by atoms with E-state index in [1.54, 1.807) is 12.1 Å². The maximum atomic E-state index is 9.17. The number of hydrogen-bond acceptors (Lipinski definition) is 2. The summed E-state index contributed by atoms with van der Waals surface area (Å²) >= 11 is 0. The van der Waals surface area contributed by atoms with Gasteiger partial charge < -0.3 is 9.84 Å². The molecule has 0 saturated heterocycles. The van der Waals surface area contributed by atoms with Gasteiger partial charge in [-0.1, -0.05) is 19.1 Å². The van der Waals surface area contributed by atoms with Gasteiger partial charge in [0.05, 0.1) is 0 Å². The maximum Gasteiger partial charge on any atom is 0.115 e. The molecule has 0 aliphatic heterocycles. The summed E-state index contributed by atoms with van der Waals surface area (Å²) in [6.45, 7) is 5.97. The summed E-state index contributed by atoms with van der Waals surface area (Å²) in [5.41, 5.74) is 1.29. The number of phenols is 1. The number of benzene rings is 1. The zero-order valence-electron chi connectivity index (χ0n) is 10.3. The van der Waals surface area contributed by atoms with Crippen molar-refractivity contribution in [2.45, 2.75) is 33.1 Å². The van der Waals surface area contributed by atoms with Crippen molar-refractivity contribution in [3.8, 4) is 5.75 Å². The molecule has 1 aromatic carbocycles. The molecular weight excluding hydrogens is 200 g/mol. The minimum absolute atomic E-state index is 0.341. The Morgan fingerprint density at radius 2 is 1.94 bits per heavy atom. The standard InChI is InChI=1S/C14H22O2/c1-3-16-10-4-5-12(2)11-13-6-8-14(15)9-7-13/h6-9,12,15H,3-5,10-11H2,1-2H3. The van der Waals surface area contributed by atoms with Crippen molar-refractivity contribution in [1.82, 2.24) is 0 Å². The lowest BCUT2D eigenvalue weighted by Gasteiger charge is -2.11. The Balaban J connectivity index is 2.23. The van der Waals surface area contributed by atoms with Crippen LogP contribution in [0.3, 0.4) is 0 Å². The van der Waals surface area contributed by atoms with E-state index >= 15 is 0 Å². The van der Waals surface area contributed by atoms with Crippen molar-refractivity contribution in [2.75, 3.05) is 13.2 Å². The molecule has 1 atom stereocenters. The molecule has 1 rings (SSSR count). The Bertz CT molecular complexity index is 279. The minimum Gasteiger partial charge on any atom is -0.508 e. The van der Waals surface area contributed by atoms with Crippen LogP contribution >= 0.6 is 0 Å². The molecule has 1 unspecified atom stereocenters. The molecule has 0 aliphatic rings. The van der Waals surface area contributed by atoms with E-state index in [9.17, 15) is 5.11 Å². The largest absolute Gasteiger partial charge is 0.508 e. The van der Waals surface area contributed by atoms with Gasteiger partial charge in [-0.25, -0.2) is 0 Å². The fourth-order valence-corrected chi connectivity index (χ4v) is 1.81. The SMILES string of the molecule is CCOCCCC(C)Cc1ccc(O)cc1. The van der Waals surface area contributed by atoms with E-state index in [1.807, 2.05) is 19.1 Å². The van der Waals surface area contributed by atoms with Gasteiger partial charge in [-0.3, -0.25) is 0 Å². The summed E-state index contributed by atoms with van der Waals surface area (Å²) in [6.07, 6.45) is 3.40. The Hall–Kier alpha value is -1.02. The van der Waals surface area contributed by atoms with Crippen molar-refractivity contribution in [3.05, 3.63) is 29.8 Å². The zero-order chi connectivity index (χ0) is 11.8. The predicted molar refractivity (Wildman–Crippen MR) is 66.7 cm³/mol. The number of rotatable bonds is 7. The van der Waals surface area contributed by atoms with Gasteiger partial charge >= 0.3 is 0 Å². The molecule has 2 heteroatoms. The monoisotopic (exact) mass is 222 g/mol. The van der Waals surface area contributed by atoms with E-state index in [2.05, 4.69) is 6.92 Å². The second-order valence-electron chi connectivity index (χ2n) is 4.31. The molecule has 16 heavy (non-hydrogen) atoms. The second-order valence-corrected chi connectivity index (χ2v) is 4.31. The third kappa shape index (κ3) is 5.17. The summed E-state index contributed by atoms with van der Waals surface area (Å²) in [7, 11) is 0. The summed E-state index contributed by atoms with van der Waals surface area (Å²) in [6, 6.07) is 7.49. The smallest absolute Gasteiger partial charge is 0.115 e. The van der Waals surface area contributed by atoms with Gasteiger partial charge in [-0.05, 0) is 49.8 Å². The Labute approximate surface area is 98.3 Å². The van der Waals surface area contributed by atoms with Crippen LogP contribution in [0, 0.1) is 5.92 Å². The van der Waals surface area contributed by atoms with Gasteiger partial charge in [-0.2, -0.15) is 0 Å². The van der Waals surface area contributed by atoms with Crippen molar-refractivity contribution < 1.29 is 9.84 Å². The highest BCUT2D eigenvalue weighted by Crippen LogP contribution is 2.16. The minimum atomic E-state index is 0.341. The molecule has 0 radical (unpaired) electrons. The van der Waals surface area contributed by atoms with Crippen LogP contribution in [-0.2, 0) is 11.2 Å². The van der Waals surface area contributed by atoms with Gasteiger partial charge in [0.25, 0.3) is 0 Å². The molecule has 90 valence electrons. The lowest BCUT2D eigenvalue weighted by molar-refractivity contribution is 0.140. The lowest BCUT2D eigenvalue weighted by Crippen LogP contribution is -2.02. The Kier molecular flexibility index (Phi) is 5.94. The number of hydrogen-bond donors (Lipinski definition) is 1. The fraction of sp³-hybridized carbons (Fsp3) is 0.571. The van der Waals surface area contributed by atoms with E-state index in [-0.39, 0.29) is 0 Å². The Morgan fingerprint density at radius 1 is 1.25 bits per heavy atom. The third-order valence-corrected chi connectivity index (χ3v) is 2.71. The highest BCUT2D eigenvalue weighted by molar-refractivity contribution is 5.26. The summed E-state index contributed by atoms with van der Waals surface area (Å²) in [5.74, 6) is 1.01. The lowest BCUT2D eigenvalue weighted by atomic mass is 9.97. The predicted octanol–water partition coefficient (Wildman–Crippen LogP) is 3.39. The van der Waals surface area contributed by atoms with E-state index in [1.165, 1.54) is 12.0 Å². The fourth-order valence-electron chi connectivity index (χ4n) is 1.81. The molecule has 0 aromatic heterocycles. The second kappa shape index (κ2) is 7.29. The molecule has 2 nitrogen and oxygen atoms in total. The van der Waals surface area contributed by atoms with Gasteiger partial charge in [0.2, 0.25) is 0 Å². The van der Waals surface area contributed by atoms with Gasteiger partial charge in [0.15, 0.2) is 0 Å². The number of phenolic OH excluding ortho intramolecular Hbond substituents is 1. The molecule has 0 bridgehead atoms. The van der Waals surface area contributed by atoms with Crippen molar-refractivity contribution in [3.63, 3.8) is 0 Å². The highest BCUT2D eigenvalue weighted by Gasteiger charge is 2.03. The van der Waals surface area contributed by atoms with Gasteiger partial charge in [0.1, 0.15) is 5.75 Å². The molecular formula is C14H22O2. The van der Waals surface area contributed by atoms with E-state index in [4.69, 9.17) is 4.74 Å². The van der Waals surface area contributed by atoms with E-state index < -0.39 is 0 Å². The molecule has 0 fully saturated rings. The van der Waals surface area contributed by atoms with E-state index in [0.717, 1.165) is 26.1 Å². The van der Waals surface area contributed by atoms with Crippen LogP contribution in [0.4, 0.5) is 0 Å². The average Bonchev–Trinajstić information content (AvgIpc) is 2.28. The molecule has 0 spiro atoms. The summed E-state index contributed by atoms with van der Waals surface area (Å²) in [4.78, 5) is 0. The first-order valence-electron chi connectivity index (χ1n) is 6.08. The van der Waals surface area contributed by atoms with E-state index in [0.29, 0.717) is 11.7 Å². The van der Waals surface area contributed by atoms with Crippen LogP contribution in [0.1, 0.15) is 32.3 Å². The maximum absolute atomic E-state index is 9.17. The Morgan fingerprint density at radius 3 is 2.56 bits per heavy atom. The molecule has 0 saturated carbocycles. The van der Waals surface area contributed by atoms with Crippen molar-refractivity contribution in [2.24, 2.45) is 5.92 Å². The van der Waals surface area contributed by atoms with Crippen LogP contribution in [-0.4, -0.2) is 18.3 Å². The molecule has 0 amide bonds. The molecule has 0 heterocycles. The van der Waals surface area contributed by atoms with Crippen LogP contribution < -0.4 is 0 Å². The number of aromatic hydroxyl groups is 1. The van der Waals surface area contributed by atoms with Crippen LogP contribution in [0.15, 0.2) is 24.3 Å². The van der Waals surface area contributed by atoms with Gasteiger partial charge in [-0.15, -0.1) is 0 Å². The zero-order valence-corrected chi connectivity index (χ0v) is 10.3. The van der Waals surface area contributed by atoms with Crippen LogP contribution in [0.5, 0.6) is 5.75 Å². The van der Waals surface area contributed by atoms with Gasteiger partial charge in [0, 0.05) is 13.2 Å².